The fourth-order valence-electron chi connectivity index (χ4n) is 11.8. The molecule has 262 valence electrons. The van der Waals surface area contributed by atoms with Gasteiger partial charge in [0.05, 0.1) is 0 Å². The van der Waals surface area contributed by atoms with Gasteiger partial charge in [-0.05, 0) is 167 Å². The van der Waals surface area contributed by atoms with Crippen LogP contribution >= 0.6 is 0 Å². The molecule has 0 N–H and O–H groups in total. The van der Waals surface area contributed by atoms with Crippen LogP contribution < -0.4 is 0 Å². The lowest BCUT2D eigenvalue weighted by atomic mass is 9.59. The Bertz CT molecular complexity index is 1740. The van der Waals surface area contributed by atoms with Gasteiger partial charge >= 0.3 is 0 Å². The molecular weight excluding hydrogens is 610 g/mol. The van der Waals surface area contributed by atoms with Crippen molar-refractivity contribution in [2.24, 2.45) is 17.8 Å². The van der Waals surface area contributed by atoms with Gasteiger partial charge in [0, 0.05) is 35.0 Å². The molecule has 0 heterocycles. The molecule has 2 heteroatoms. The van der Waals surface area contributed by atoms with E-state index in [9.17, 15) is 0 Å². The Hall–Kier alpha value is -3.13. The highest BCUT2D eigenvalue weighted by atomic mass is 19.1. The predicted octanol–water partition coefficient (Wildman–Crippen LogP) is 12.7. The van der Waals surface area contributed by atoms with Gasteiger partial charge in [0.2, 0.25) is 0 Å². The van der Waals surface area contributed by atoms with Crippen molar-refractivity contribution in [2.45, 2.75) is 146 Å². The van der Waals surface area contributed by atoms with Crippen molar-refractivity contribution in [2.75, 3.05) is 0 Å². The zero-order valence-corrected chi connectivity index (χ0v) is 30.5. The van der Waals surface area contributed by atoms with Crippen molar-refractivity contribution in [3.05, 3.63) is 123 Å². The number of fused-ring (bicyclic) bond motifs is 5. The Labute approximate surface area is 301 Å². The highest BCUT2D eigenvalue weighted by molar-refractivity contribution is 5.74. The first-order valence-corrected chi connectivity index (χ1v) is 20.8. The molecule has 0 saturated heterocycles. The summed E-state index contributed by atoms with van der Waals surface area (Å²) in [6.07, 6.45) is 51.5. The van der Waals surface area contributed by atoms with Crippen LogP contribution in [-0.4, -0.2) is 17.0 Å². The molecule has 9 rings (SSSR count). The van der Waals surface area contributed by atoms with Crippen LogP contribution in [0.25, 0.3) is 6.08 Å². The van der Waals surface area contributed by atoms with E-state index in [0.717, 1.165) is 50.5 Å². The quantitative estimate of drug-likeness (QED) is 0.273. The van der Waals surface area contributed by atoms with Crippen LogP contribution in [0, 0.1) is 23.6 Å². The van der Waals surface area contributed by atoms with Gasteiger partial charge in [0.1, 0.15) is 5.82 Å². The zero-order valence-electron chi connectivity index (χ0n) is 30.5. The van der Waals surface area contributed by atoms with Gasteiger partial charge in [0.25, 0.3) is 0 Å². The minimum Gasteiger partial charge on any atom is -0.362 e. The average molecular weight is 668 g/mol. The average Bonchev–Trinajstić information content (AvgIpc) is 3.47. The van der Waals surface area contributed by atoms with Crippen LogP contribution in [0.3, 0.4) is 0 Å². The normalized spacial score (nSPS) is 34.6. The van der Waals surface area contributed by atoms with E-state index < -0.39 is 0 Å². The Balaban J connectivity index is 1.25. The summed E-state index contributed by atoms with van der Waals surface area (Å²) in [7, 11) is 0. The van der Waals surface area contributed by atoms with Crippen molar-refractivity contribution in [1.82, 2.24) is 4.90 Å². The highest BCUT2D eigenvalue weighted by Crippen LogP contribution is 2.64. The molecule has 0 spiro atoms. The molecule has 7 atom stereocenters. The Kier molecular flexibility index (Phi) is 9.03. The fraction of sp³-hybridized carbons (Fsp3) is 0.542. The summed E-state index contributed by atoms with van der Waals surface area (Å²) in [5.74, 6) is 1.96. The topological polar surface area (TPSA) is 3.24 Å². The van der Waals surface area contributed by atoms with Gasteiger partial charge < -0.3 is 4.90 Å². The van der Waals surface area contributed by atoms with Crippen LogP contribution in [0.1, 0.15) is 144 Å². The molecular formula is C48H58FN. The molecule has 0 amide bonds. The van der Waals surface area contributed by atoms with E-state index in [-0.39, 0.29) is 11.2 Å². The van der Waals surface area contributed by atoms with Crippen LogP contribution in [-0.2, 0) is 11.8 Å². The molecule has 0 aliphatic heterocycles. The van der Waals surface area contributed by atoms with E-state index in [1.165, 1.54) is 92.9 Å². The van der Waals surface area contributed by atoms with Gasteiger partial charge in [0.15, 0.2) is 0 Å². The Morgan fingerprint density at radius 3 is 2.38 bits per heavy atom. The Morgan fingerprint density at radius 1 is 0.700 bits per heavy atom. The maximum absolute atomic E-state index is 16.5. The molecule has 0 aromatic heterocycles. The van der Waals surface area contributed by atoms with E-state index >= 15 is 4.39 Å². The molecule has 8 aliphatic carbocycles. The molecule has 1 nitrogen and oxygen atoms in total. The van der Waals surface area contributed by atoms with Crippen LogP contribution in [0.4, 0.5) is 4.39 Å². The molecule has 1 aromatic carbocycles. The maximum Gasteiger partial charge on any atom is 0.127 e. The van der Waals surface area contributed by atoms with E-state index in [2.05, 4.69) is 84.7 Å². The summed E-state index contributed by atoms with van der Waals surface area (Å²) < 4.78 is 16.5. The second-order valence-corrected chi connectivity index (χ2v) is 16.9. The SMILES string of the molecule is CC1C=CC(N(C2=CCCCC2C2=CCCCC2)C2C=C3C(CC2)c2c(cc(F)c4c2C=CCC4)C3(C2=CCCC=C2)C2C=CCCC2)CC1. The summed E-state index contributed by atoms with van der Waals surface area (Å²) in [6, 6.07) is 2.84. The summed E-state index contributed by atoms with van der Waals surface area (Å²) in [5, 5.41) is 0. The van der Waals surface area contributed by atoms with E-state index in [0.29, 0.717) is 35.8 Å². The second-order valence-electron chi connectivity index (χ2n) is 16.9. The van der Waals surface area contributed by atoms with Crippen molar-refractivity contribution in [3.63, 3.8) is 0 Å². The largest absolute Gasteiger partial charge is 0.362 e. The highest BCUT2D eigenvalue weighted by Gasteiger charge is 2.56. The maximum atomic E-state index is 16.5. The van der Waals surface area contributed by atoms with Crippen molar-refractivity contribution in [3.8, 4) is 0 Å². The first-order valence-electron chi connectivity index (χ1n) is 20.8. The first kappa shape index (κ1) is 32.8. The number of allylic oxidation sites excluding steroid dienone is 12. The minimum atomic E-state index is -0.303. The Morgan fingerprint density at radius 2 is 1.58 bits per heavy atom. The number of rotatable bonds is 6. The molecule has 7 unspecified atom stereocenters. The van der Waals surface area contributed by atoms with Gasteiger partial charge in [-0.15, -0.1) is 0 Å². The summed E-state index contributed by atoms with van der Waals surface area (Å²) in [5.41, 5.74) is 11.1. The zero-order chi connectivity index (χ0) is 33.7. The number of nitrogens with zero attached hydrogens (tertiary/aromatic N) is 1. The smallest absolute Gasteiger partial charge is 0.127 e. The van der Waals surface area contributed by atoms with Gasteiger partial charge in [-0.25, -0.2) is 4.39 Å². The van der Waals surface area contributed by atoms with Crippen molar-refractivity contribution >= 4 is 6.08 Å². The van der Waals surface area contributed by atoms with E-state index in [4.69, 9.17) is 0 Å². The third-order valence-electron chi connectivity index (χ3n) is 14.1. The summed E-state index contributed by atoms with van der Waals surface area (Å²) >= 11 is 0. The van der Waals surface area contributed by atoms with Crippen molar-refractivity contribution in [1.29, 1.82) is 0 Å². The lowest BCUT2D eigenvalue weighted by Gasteiger charge is -2.49. The predicted molar refractivity (Wildman–Crippen MR) is 207 cm³/mol. The molecule has 50 heavy (non-hydrogen) atoms. The van der Waals surface area contributed by atoms with E-state index in [1.807, 2.05) is 6.07 Å². The standard InChI is InChI=1S/C48H58FN/c1-33-25-27-37(28-26-33)50(46-24-14-13-21-39(46)34-15-5-2-6-16-34)38-29-30-42-43(31-38)48(35-17-7-3-8-18-35,36-19-9-4-10-20-36)44-32-45(49)40-22-11-12-23-41(40)47(42)44/h7,9,12,15,17-19,23-25,27,31-33,36-39,42H,2-6,8,10-11,13-14,16,20-22,26,28-30H2,1H3. The molecule has 0 radical (unpaired) electrons. The third kappa shape index (κ3) is 5.45. The second kappa shape index (κ2) is 13.8. The summed E-state index contributed by atoms with van der Waals surface area (Å²) in [6.45, 7) is 2.39. The van der Waals surface area contributed by atoms with Crippen LogP contribution in [0.5, 0.6) is 0 Å². The summed E-state index contributed by atoms with van der Waals surface area (Å²) in [4.78, 5) is 2.97. The molecule has 0 saturated carbocycles. The van der Waals surface area contributed by atoms with Crippen LogP contribution in [0.15, 0.2) is 95.3 Å². The number of halogens is 1. The van der Waals surface area contributed by atoms with Gasteiger partial charge in [-0.2, -0.15) is 0 Å². The van der Waals surface area contributed by atoms with Gasteiger partial charge in [-0.3, -0.25) is 0 Å². The lowest BCUT2D eigenvalue weighted by Crippen LogP contribution is -2.47. The monoisotopic (exact) mass is 667 g/mol. The lowest BCUT2D eigenvalue weighted by molar-refractivity contribution is 0.179. The molecule has 8 aliphatic rings. The fourth-order valence-corrected chi connectivity index (χ4v) is 11.8. The number of hydrogen-bond donors (Lipinski definition) is 0. The third-order valence-corrected chi connectivity index (χ3v) is 14.1. The minimum absolute atomic E-state index is 0.0301. The number of hydrogen-bond acceptors (Lipinski definition) is 1. The van der Waals surface area contributed by atoms with Crippen molar-refractivity contribution < 1.29 is 4.39 Å². The molecule has 1 aromatic rings. The molecule has 0 bridgehead atoms. The first-order chi connectivity index (χ1) is 24.6. The molecule has 0 fully saturated rings. The van der Waals surface area contributed by atoms with Gasteiger partial charge in [-0.1, -0.05) is 85.4 Å². The van der Waals surface area contributed by atoms with E-state index in [1.54, 1.807) is 16.8 Å². The van der Waals surface area contributed by atoms with Crippen LogP contribution in [0.2, 0.25) is 0 Å². The number of benzene rings is 1.